The first-order valence-corrected chi connectivity index (χ1v) is 15.2. The largest absolute Gasteiger partial charge is 0.519 e. The molecule has 0 unspecified atom stereocenters. The third kappa shape index (κ3) is 6.18. The average Bonchev–Trinajstić information content (AvgIpc) is 3.68. The number of hydrogen-bond donors (Lipinski definition) is 1. The smallest absolute Gasteiger partial charge is 0.475 e. The van der Waals surface area contributed by atoms with Crippen LogP contribution in [-0.2, 0) is 20.9 Å². The summed E-state index contributed by atoms with van der Waals surface area (Å²) >= 11 is 0. The number of carbonyl (C=O) groups is 4. The number of likely N-dealkylation sites (tertiary alicyclic amines) is 1. The SMILES string of the molecule is CCC(=O)NCCN1C(=O)C2(CC2)Oc2cc(C)c(C(=O)N(C(C)C)[C@@H]3CCCN(C(=O)OCc4oc(=O)oc4C)C3)cc21. The van der Waals surface area contributed by atoms with Crippen molar-refractivity contribution in [1.29, 1.82) is 0 Å². The molecule has 2 aliphatic heterocycles. The summed E-state index contributed by atoms with van der Waals surface area (Å²) in [5.41, 5.74) is 0.790. The number of amides is 4. The minimum Gasteiger partial charge on any atom is -0.475 e. The number of nitrogens with zero attached hydrogens (tertiary/aromatic N) is 3. The second-order valence-corrected chi connectivity index (χ2v) is 11.9. The maximum atomic E-state index is 14.2. The summed E-state index contributed by atoms with van der Waals surface area (Å²) < 4.78 is 21.3. The van der Waals surface area contributed by atoms with Crippen molar-refractivity contribution in [1.82, 2.24) is 15.1 Å². The second-order valence-electron chi connectivity index (χ2n) is 11.9. The van der Waals surface area contributed by atoms with Crippen molar-refractivity contribution in [3.05, 3.63) is 45.4 Å². The number of fused-ring (bicyclic) bond motifs is 1. The molecule has 3 heterocycles. The number of ether oxygens (including phenoxy) is 2. The lowest BCUT2D eigenvalue weighted by Crippen LogP contribution is -2.54. The molecule has 2 aromatic rings. The number of anilines is 1. The first-order chi connectivity index (χ1) is 20.9. The van der Waals surface area contributed by atoms with Gasteiger partial charge in [-0.1, -0.05) is 6.92 Å². The Hall–Kier alpha value is -4.29. The van der Waals surface area contributed by atoms with Crippen molar-refractivity contribution in [2.24, 2.45) is 0 Å². The Balaban J connectivity index is 1.35. The summed E-state index contributed by atoms with van der Waals surface area (Å²) in [5, 5.41) is 2.82. The van der Waals surface area contributed by atoms with Crippen molar-refractivity contribution in [2.45, 2.75) is 91.0 Å². The molecule has 5 rings (SSSR count). The van der Waals surface area contributed by atoms with Gasteiger partial charge in [-0.25, -0.2) is 9.59 Å². The van der Waals surface area contributed by atoms with Crippen LogP contribution in [0.25, 0.3) is 0 Å². The van der Waals surface area contributed by atoms with E-state index < -0.39 is 17.5 Å². The molecule has 13 heteroatoms. The van der Waals surface area contributed by atoms with Crippen LogP contribution in [0.15, 0.2) is 25.8 Å². The third-order valence-electron chi connectivity index (χ3n) is 8.45. The molecule has 0 bridgehead atoms. The molecule has 1 atom stereocenters. The van der Waals surface area contributed by atoms with E-state index in [4.69, 9.17) is 18.3 Å². The number of carbonyl (C=O) groups excluding carboxylic acids is 4. The predicted molar refractivity (Wildman–Crippen MR) is 157 cm³/mol. The molecule has 1 N–H and O–H groups in total. The molecule has 4 amide bonds. The molecule has 238 valence electrons. The van der Waals surface area contributed by atoms with Gasteiger partial charge in [0.25, 0.3) is 11.8 Å². The summed E-state index contributed by atoms with van der Waals surface area (Å²) in [6.45, 7) is 10.1. The van der Waals surface area contributed by atoms with Crippen LogP contribution >= 0.6 is 0 Å². The van der Waals surface area contributed by atoms with Crippen LogP contribution in [0.5, 0.6) is 5.75 Å². The highest BCUT2D eigenvalue weighted by atomic mass is 16.6. The molecule has 0 radical (unpaired) electrons. The minimum absolute atomic E-state index is 0.104. The van der Waals surface area contributed by atoms with Gasteiger partial charge in [0.1, 0.15) is 5.75 Å². The Morgan fingerprint density at radius 3 is 2.55 bits per heavy atom. The maximum Gasteiger partial charge on any atom is 0.519 e. The average molecular weight is 613 g/mol. The lowest BCUT2D eigenvalue weighted by Gasteiger charge is -2.41. The number of rotatable bonds is 9. The van der Waals surface area contributed by atoms with Gasteiger partial charge in [-0.05, 0) is 58.2 Å². The fourth-order valence-corrected chi connectivity index (χ4v) is 5.92. The Kier molecular flexibility index (Phi) is 8.76. The fraction of sp³-hybridized carbons (Fsp3) is 0.581. The van der Waals surface area contributed by atoms with Crippen molar-refractivity contribution in [2.75, 3.05) is 31.1 Å². The number of hydrogen-bond acceptors (Lipinski definition) is 9. The standard InChI is InChI=1S/C31H40N4O9/c1-6-26(36)32-11-13-34-23-15-22(19(4)14-24(23)44-31(9-10-31)28(34)38)27(37)35(18(2)3)21-8-7-12-33(16-21)29(39)41-17-25-20(5)42-30(40)43-25/h14-15,18,21H,6-13,16-17H2,1-5H3,(H,32,36)/t21-/m1/s1. The number of aryl methyl sites for hydroxylation is 2. The van der Waals surface area contributed by atoms with E-state index in [1.165, 1.54) is 0 Å². The number of nitrogens with one attached hydrogen (secondary N) is 1. The fourth-order valence-electron chi connectivity index (χ4n) is 5.92. The van der Waals surface area contributed by atoms with Crippen molar-refractivity contribution < 1.29 is 37.5 Å². The van der Waals surface area contributed by atoms with Crippen LogP contribution in [0.2, 0.25) is 0 Å². The molecule has 1 aromatic heterocycles. The van der Waals surface area contributed by atoms with Crippen molar-refractivity contribution in [3.8, 4) is 5.75 Å². The molecule has 2 fully saturated rings. The molecular weight excluding hydrogens is 572 g/mol. The molecular formula is C31H40N4O9. The molecule has 1 aliphatic carbocycles. The molecule has 1 spiro atoms. The van der Waals surface area contributed by atoms with Crippen molar-refractivity contribution in [3.63, 3.8) is 0 Å². The maximum absolute atomic E-state index is 14.2. The lowest BCUT2D eigenvalue weighted by atomic mass is 9.98. The van der Waals surface area contributed by atoms with Crippen LogP contribution in [0.4, 0.5) is 10.5 Å². The number of benzene rings is 1. The molecule has 13 nitrogen and oxygen atoms in total. The highest BCUT2D eigenvalue weighted by Crippen LogP contribution is 2.50. The lowest BCUT2D eigenvalue weighted by molar-refractivity contribution is -0.128. The van der Waals surface area contributed by atoms with Gasteiger partial charge in [0.15, 0.2) is 23.7 Å². The summed E-state index contributed by atoms with van der Waals surface area (Å²) in [7, 11) is 0. The van der Waals surface area contributed by atoms with Gasteiger partial charge in [0.05, 0.1) is 11.7 Å². The van der Waals surface area contributed by atoms with Gasteiger partial charge in [0.2, 0.25) is 5.91 Å². The van der Waals surface area contributed by atoms with Crippen LogP contribution in [0.1, 0.15) is 80.3 Å². The Morgan fingerprint density at radius 2 is 1.91 bits per heavy atom. The zero-order valence-electron chi connectivity index (χ0n) is 25.9. The van der Waals surface area contributed by atoms with Crippen LogP contribution in [-0.4, -0.2) is 77.5 Å². The van der Waals surface area contributed by atoms with Gasteiger partial charge in [0, 0.05) is 57.0 Å². The van der Waals surface area contributed by atoms with E-state index in [0.717, 1.165) is 0 Å². The summed E-state index contributed by atoms with van der Waals surface area (Å²) in [4.78, 5) is 68.7. The van der Waals surface area contributed by atoms with Crippen LogP contribution in [0, 0.1) is 13.8 Å². The monoisotopic (exact) mass is 612 g/mol. The number of piperidine rings is 1. The summed E-state index contributed by atoms with van der Waals surface area (Å²) in [6, 6.07) is 3.06. The van der Waals surface area contributed by atoms with Crippen molar-refractivity contribution >= 4 is 29.5 Å². The predicted octanol–water partition coefficient (Wildman–Crippen LogP) is 3.29. The second kappa shape index (κ2) is 12.4. The Labute approximate surface area is 255 Å². The highest BCUT2D eigenvalue weighted by molar-refractivity contribution is 6.06. The van der Waals surface area contributed by atoms with E-state index in [-0.39, 0.29) is 67.6 Å². The first kappa shape index (κ1) is 31.1. The normalized spacial score (nSPS) is 18.6. The van der Waals surface area contributed by atoms with E-state index in [0.29, 0.717) is 61.2 Å². The van der Waals surface area contributed by atoms with E-state index in [9.17, 15) is 24.0 Å². The highest BCUT2D eigenvalue weighted by Gasteiger charge is 2.58. The van der Waals surface area contributed by atoms with E-state index in [1.54, 1.807) is 34.6 Å². The minimum atomic E-state index is -0.870. The molecule has 3 aliphatic rings. The van der Waals surface area contributed by atoms with Gasteiger partial charge in [-0.2, -0.15) is 0 Å². The molecule has 1 saturated carbocycles. The zero-order valence-corrected chi connectivity index (χ0v) is 25.9. The van der Waals surface area contributed by atoms with E-state index in [1.807, 2.05) is 26.8 Å². The van der Waals surface area contributed by atoms with Crippen LogP contribution in [0.3, 0.4) is 0 Å². The Bertz CT molecular complexity index is 1510. The zero-order chi connectivity index (χ0) is 31.8. The van der Waals surface area contributed by atoms with Gasteiger partial charge in [-0.3, -0.25) is 14.4 Å². The molecule has 1 saturated heterocycles. The summed E-state index contributed by atoms with van der Waals surface area (Å²) in [5.74, 6) is -0.391. The van der Waals surface area contributed by atoms with E-state index in [2.05, 4.69) is 5.32 Å². The topological polar surface area (TPSA) is 152 Å². The Morgan fingerprint density at radius 1 is 1.16 bits per heavy atom. The quantitative estimate of drug-likeness (QED) is 0.450. The molecule has 1 aromatic carbocycles. The van der Waals surface area contributed by atoms with Gasteiger partial charge in [-0.15, -0.1) is 0 Å². The van der Waals surface area contributed by atoms with E-state index >= 15 is 0 Å². The summed E-state index contributed by atoms with van der Waals surface area (Å²) in [6.07, 6.45) is 2.39. The first-order valence-electron chi connectivity index (χ1n) is 15.2. The van der Waals surface area contributed by atoms with Gasteiger partial charge >= 0.3 is 11.9 Å². The van der Waals surface area contributed by atoms with Gasteiger partial charge < -0.3 is 38.3 Å². The van der Waals surface area contributed by atoms with Crippen LogP contribution < -0.4 is 20.8 Å². The third-order valence-corrected chi connectivity index (χ3v) is 8.45. The molecule has 44 heavy (non-hydrogen) atoms.